The van der Waals surface area contributed by atoms with E-state index in [1.165, 1.54) is 6.42 Å². The van der Waals surface area contributed by atoms with Crippen molar-refractivity contribution in [1.82, 2.24) is 0 Å². The van der Waals surface area contributed by atoms with Crippen LogP contribution in [0.2, 0.25) is 0 Å². The fourth-order valence-corrected chi connectivity index (χ4v) is 0. The third-order valence-electron chi connectivity index (χ3n) is 0. The molecule has 25 heavy (non-hydrogen) atoms. The fourth-order valence-electron chi connectivity index (χ4n) is 0. The molecular formula is C25H74. The zero-order chi connectivity index (χ0) is 24.7. The van der Waals surface area contributed by atoms with Crippen LogP contribution in [-0.2, 0) is 0 Å². The Morgan fingerprint density at radius 1 is 0.200 bits per heavy atom. The first-order valence-corrected chi connectivity index (χ1v) is 12.4. The van der Waals surface area contributed by atoms with Gasteiger partial charge in [0.15, 0.2) is 0 Å². The van der Waals surface area contributed by atoms with E-state index in [4.69, 9.17) is 0 Å². The first-order chi connectivity index (χ1) is 12.4. The van der Waals surface area contributed by atoms with Gasteiger partial charge in [0.25, 0.3) is 0 Å². The monoisotopic (exact) mass is 375 g/mol. The average Bonchev–Trinajstić information content (AvgIpc) is 2.83. The van der Waals surface area contributed by atoms with Crippen molar-refractivity contribution < 1.29 is 0 Å². The van der Waals surface area contributed by atoms with Crippen LogP contribution in [0.25, 0.3) is 0 Å². The van der Waals surface area contributed by atoms with Gasteiger partial charge in [-0.2, -0.15) is 0 Å². The van der Waals surface area contributed by atoms with Crippen LogP contribution >= 0.6 is 0 Å². The Morgan fingerprint density at radius 2 is 0.200 bits per heavy atom. The fraction of sp³-hybridized carbons (Fsp3) is 1.00. The maximum Gasteiger partial charge on any atom is -0.0590 e. The minimum Gasteiger partial charge on any atom is -0.0683 e. The van der Waals surface area contributed by atoms with Crippen molar-refractivity contribution in [1.29, 1.82) is 0 Å². The second-order valence-corrected chi connectivity index (χ2v) is 0.707. The Morgan fingerprint density at radius 3 is 0.200 bits per heavy atom. The van der Waals surface area contributed by atoms with E-state index < -0.39 is 0 Å². The summed E-state index contributed by atoms with van der Waals surface area (Å²) in [7, 11) is 0. The van der Waals surface area contributed by atoms with Gasteiger partial charge in [-0.05, 0) is 0 Å². The van der Waals surface area contributed by atoms with Crippen molar-refractivity contribution in [2.24, 2.45) is 0 Å². The molecule has 0 N–H and O–H groups in total. The van der Waals surface area contributed by atoms with E-state index in [1.807, 2.05) is 152 Å². The van der Waals surface area contributed by atoms with Crippen LogP contribution in [-0.4, -0.2) is 0 Å². The minimum absolute atomic E-state index is 1.25. The molecule has 0 bridgehead atoms. The molecule has 0 aromatic rings. The summed E-state index contributed by atoms with van der Waals surface area (Å²) in [6.45, 7) is 48.2. The first kappa shape index (κ1) is 85.2. The molecule has 0 nitrogen and oxygen atoms in total. The largest absolute Gasteiger partial charge is 0.0683 e. The molecule has 0 fully saturated rings. The smallest absolute Gasteiger partial charge is 0.0590 e. The van der Waals surface area contributed by atoms with Crippen LogP contribution in [0, 0.1) is 0 Å². The second-order valence-electron chi connectivity index (χ2n) is 0.707. The van der Waals surface area contributed by atoms with Gasteiger partial charge in [-0.1, -0.05) is 173 Å². The zero-order valence-electron chi connectivity index (χ0n) is 24.7. The molecule has 0 heterocycles. The molecule has 0 aromatic heterocycles. The summed E-state index contributed by atoms with van der Waals surface area (Å²) in [6.07, 6.45) is 1.25. The molecule has 0 atom stereocenters. The third kappa shape index (κ3) is 0. The number of hydrogen-bond donors (Lipinski definition) is 0. The van der Waals surface area contributed by atoms with E-state index in [-0.39, 0.29) is 0 Å². The Balaban J connectivity index is -0.00000000740. The molecule has 0 rings (SSSR count). The van der Waals surface area contributed by atoms with Crippen molar-refractivity contribution in [3.8, 4) is 0 Å². The summed E-state index contributed by atoms with van der Waals surface area (Å²) in [4.78, 5) is 0. The Labute approximate surface area is 173 Å². The van der Waals surface area contributed by atoms with Crippen molar-refractivity contribution in [3.63, 3.8) is 0 Å². The van der Waals surface area contributed by atoms with Crippen LogP contribution in [0.1, 0.15) is 173 Å². The second kappa shape index (κ2) is 12700. The van der Waals surface area contributed by atoms with Gasteiger partial charge in [0.2, 0.25) is 0 Å². The number of hydrogen-bond acceptors (Lipinski definition) is 0. The lowest BCUT2D eigenvalue weighted by Gasteiger charge is -1.48. The number of rotatable bonds is 0. The van der Waals surface area contributed by atoms with Gasteiger partial charge in [0.05, 0.1) is 0 Å². The maximum atomic E-state index is 2.12. The normalized spacial score (nSPS) is 3.36. The van der Waals surface area contributed by atoms with Gasteiger partial charge < -0.3 is 0 Å². The van der Waals surface area contributed by atoms with Gasteiger partial charge in [-0.15, -0.1) is 0 Å². The highest BCUT2D eigenvalue weighted by atomic mass is 13.4. The van der Waals surface area contributed by atoms with E-state index >= 15 is 0 Å². The van der Waals surface area contributed by atoms with Crippen molar-refractivity contribution in [2.75, 3.05) is 0 Å². The summed E-state index contributed by atoms with van der Waals surface area (Å²) < 4.78 is 0. The van der Waals surface area contributed by atoms with Crippen LogP contribution in [0.4, 0.5) is 0 Å². The molecule has 0 saturated carbocycles. The van der Waals surface area contributed by atoms with Gasteiger partial charge >= 0.3 is 0 Å². The summed E-state index contributed by atoms with van der Waals surface area (Å²) >= 11 is 0. The molecule has 0 radical (unpaired) electrons. The van der Waals surface area contributed by atoms with Crippen molar-refractivity contribution >= 4 is 0 Å². The molecule has 0 saturated heterocycles. The van der Waals surface area contributed by atoms with Crippen LogP contribution in [0.15, 0.2) is 0 Å². The molecular weight excluding hydrogens is 300 g/mol. The summed E-state index contributed by atoms with van der Waals surface area (Å²) in [6, 6.07) is 0. The van der Waals surface area contributed by atoms with E-state index in [1.54, 1.807) is 0 Å². The SMILES string of the molecule is CC.CC.CC.CC.CC.CC.CC.CC.CC.CC.CC.CCC. The lowest BCUT2D eigenvalue weighted by atomic mass is 10.6. The van der Waals surface area contributed by atoms with Crippen LogP contribution < -0.4 is 0 Å². The Bertz CT molecular complexity index is 0. The highest BCUT2D eigenvalue weighted by Gasteiger charge is 1.35. The van der Waals surface area contributed by atoms with Gasteiger partial charge in [0.1, 0.15) is 0 Å². The average molecular weight is 375 g/mol. The predicted molar refractivity (Wildman–Crippen MR) is 141 cm³/mol. The van der Waals surface area contributed by atoms with Crippen molar-refractivity contribution in [2.45, 2.75) is 173 Å². The molecule has 0 aliphatic heterocycles. The van der Waals surface area contributed by atoms with Gasteiger partial charge in [0, 0.05) is 0 Å². The van der Waals surface area contributed by atoms with E-state index in [9.17, 15) is 0 Å². The quantitative estimate of drug-likeness (QED) is 0.395. The standard InChI is InChI=1S/C3H8.11C2H6/c1-3-2;11*1-2/h3H2,1-2H3;11*1-2H3. The molecule has 0 aromatic carbocycles. The molecule has 0 amide bonds. The van der Waals surface area contributed by atoms with E-state index in [0.717, 1.165) is 0 Å². The maximum absolute atomic E-state index is 2.12. The van der Waals surface area contributed by atoms with E-state index in [0.29, 0.717) is 0 Å². The topological polar surface area (TPSA) is 0 Å². The minimum atomic E-state index is 1.25. The van der Waals surface area contributed by atoms with Crippen LogP contribution in [0.5, 0.6) is 0 Å². The van der Waals surface area contributed by atoms with Crippen LogP contribution in [0.3, 0.4) is 0 Å². The zero-order valence-corrected chi connectivity index (χ0v) is 24.7. The molecule has 0 unspecified atom stereocenters. The van der Waals surface area contributed by atoms with Gasteiger partial charge in [-0.25, -0.2) is 0 Å². The first-order valence-electron chi connectivity index (χ1n) is 12.4. The molecule has 174 valence electrons. The lowest BCUT2D eigenvalue weighted by Crippen LogP contribution is -1.27. The summed E-state index contributed by atoms with van der Waals surface area (Å²) in [5.74, 6) is 0. The summed E-state index contributed by atoms with van der Waals surface area (Å²) in [5, 5.41) is 0. The highest BCUT2D eigenvalue weighted by Crippen LogP contribution is 1.56. The Kier molecular flexibility index (Phi) is 43300. The Hall–Kier alpha value is 0. The molecule has 0 aliphatic carbocycles. The highest BCUT2D eigenvalue weighted by molar-refractivity contribution is 3.92. The summed E-state index contributed by atoms with van der Waals surface area (Å²) in [5.41, 5.74) is 0. The van der Waals surface area contributed by atoms with Crippen molar-refractivity contribution in [3.05, 3.63) is 0 Å². The molecule has 0 aliphatic rings. The predicted octanol–water partition coefficient (Wildman–Crippen LogP) is 12.7. The van der Waals surface area contributed by atoms with Gasteiger partial charge in [-0.3, -0.25) is 0 Å². The van der Waals surface area contributed by atoms with E-state index in [2.05, 4.69) is 13.8 Å². The molecule has 0 heteroatoms. The molecule has 0 spiro atoms. The third-order valence-corrected chi connectivity index (χ3v) is 0. The lowest BCUT2D eigenvalue weighted by molar-refractivity contribution is 1.09.